The number of nitrogens with zero attached hydrogens (tertiary/aromatic N) is 3. The fourth-order valence-electron chi connectivity index (χ4n) is 3.68. The summed E-state index contributed by atoms with van der Waals surface area (Å²) in [5.74, 6) is 0.275. The van der Waals surface area contributed by atoms with E-state index < -0.39 is 10.0 Å². The van der Waals surface area contributed by atoms with Gasteiger partial charge in [0.15, 0.2) is 0 Å². The van der Waals surface area contributed by atoms with Crippen molar-refractivity contribution in [3.05, 3.63) is 70.2 Å². The highest BCUT2D eigenvalue weighted by Gasteiger charge is 2.35. The Morgan fingerprint density at radius 2 is 2.00 bits per heavy atom. The molecule has 0 atom stereocenters. The molecule has 2 aromatic rings. The van der Waals surface area contributed by atoms with Crippen LogP contribution in [0.1, 0.15) is 17.7 Å². The normalized spacial score (nSPS) is 19.5. The number of hydrogen-bond donors (Lipinski definition) is 0. The number of sulfonamides is 1. The van der Waals surface area contributed by atoms with Crippen molar-refractivity contribution in [2.24, 2.45) is 4.40 Å². The van der Waals surface area contributed by atoms with Crippen LogP contribution in [0, 0.1) is 0 Å². The molecular formula is C22H20ClN3O3S2. The molecule has 0 radical (unpaired) electrons. The van der Waals surface area contributed by atoms with E-state index in [0.717, 1.165) is 28.2 Å². The quantitative estimate of drug-likeness (QED) is 0.656. The Hall–Kier alpha value is -2.42. The smallest absolute Gasteiger partial charge is 0.256 e. The van der Waals surface area contributed by atoms with Gasteiger partial charge in [0, 0.05) is 39.1 Å². The molecule has 1 fully saturated rings. The number of benzene rings is 1. The van der Waals surface area contributed by atoms with E-state index in [2.05, 4.69) is 10.5 Å². The molecular weight excluding hydrogens is 454 g/mol. The van der Waals surface area contributed by atoms with E-state index in [0.29, 0.717) is 29.5 Å². The van der Waals surface area contributed by atoms with Crippen LogP contribution >= 0.6 is 22.9 Å². The molecule has 31 heavy (non-hydrogen) atoms. The molecule has 6 nitrogen and oxygen atoms in total. The summed E-state index contributed by atoms with van der Waals surface area (Å²) in [7, 11) is -3.41. The van der Waals surface area contributed by atoms with Gasteiger partial charge in [-0.3, -0.25) is 4.79 Å². The van der Waals surface area contributed by atoms with Gasteiger partial charge in [0.1, 0.15) is 5.84 Å². The van der Waals surface area contributed by atoms with Crippen LogP contribution < -0.4 is 0 Å². The zero-order valence-corrected chi connectivity index (χ0v) is 19.0. The maximum Gasteiger partial charge on any atom is 0.256 e. The van der Waals surface area contributed by atoms with Crippen LogP contribution in [0.15, 0.2) is 64.7 Å². The number of amides is 1. The van der Waals surface area contributed by atoms with Crippen LogP contribution in [0.25, 0.3) is 10.4 Å². The monoisotopic (exact) mass is 473 g/mol. The number of carbonyl (C=O) groups excluding carboxylic acids is 1. The van der Waals surface area contributed by atoms with Crippen LogP contribution in [-0.2, 0) is 21.4 Å². The minimum absolute atomic E-state index is 0.0427. The third-order valence-corrected chi connectivity index (χ3v) is 8.04. The molecule has 1 aromatic heterocycles. The summed E-state index contributed by atoms with van der Waals surface area (Å²) in [4.78, 5) is 19.2. The van der Waals surface area contributed by atoms with Gasteiger partial charge in [-0.15, -0.1) is 15.7 Å². The van der Waals surface area contributed by atoms with Crippen LogP contribution in [0.3, 0.4) is 0 Å². The van der Waals surface area contributed by atoms with Gasteiger partial charge in [-0.2, -0.15) is 0 Å². The highest BCUT2D eigenvalue weighted by molar-refractivity contribution is 7.90. The number of carbonyl (C=O) groups is 1. The summed E-state index contributed by atoms with van der Waals surface area (Å²) in [5.41, 5.74) is 1.54. The SMILES string of the molecule is O=C(C1=CN2CCS(=O)(=O)N=C2C=C1)N(Cc1ccc(-c2ccccc2Cl)s1)C1CC1. The Kier molecular flexibility index (Phi) is 5.24. The zero-order chi connectivity index (χ0) is 21.6. The van der Waals surface area contributed by atoms with Crippen LogP contribution in [0.4, 0.5) is 0 Å². The van der Waals surface area contributed by atoms with Crippen LogP contribution in [0.2, 0.25) is 5.02 Å². The minimum Gasteiger partial charge on any atom is -0.330 e. The Morgan fingerprint density at radius 1 is 1.19 bits per heavy atom. The van der Waals surface area contributed by atoms with E-state index in [-0.39, 0.29) is 17.7 Å². The summed E-state index contributed by atoms with van der Waals surface area (Å²) >= 11 is 7.98. The van der Waals surface area contributed by atoms with Crippen LogP contribution in [-0.4, -0.2) is 48.3 Å². The van der Waals surface area contributed by atoms with Crippen molar-refractivity contribution >= 4 is 44.7 Å². The fraction of sp³-hybridized carbons (Fsp3) is 0.273. The van der Waals surface area contributed by atoms with Gasteiger partial charge in [0.05, 0.1) is 17.9 Å². The van der Waals surface area contributed by atoms with Crippen molar-refractivity contribution in [2.75, 3.05) is 12.3 Å². The molecule has 0 N–H and O–H groups in total. The highest BCUT2D eigenvalue weighted by atomic mass is 35.5. The predicted molar refractivity (Wildman–Crippen MR) is 123 cm³/mol. The van der Waals surface area contributed by atoms with E-state index in [4.69, 9.17) is 11.6 Å². The van der Waals surface area contributed by atoms with E-state index in [1.54, 1.807) is 34.6 Å². The molecule has 1 aliphatic carbocycles. The second-order valence-corrected chi connectivity index (χ2v) is 11.1. The first-order chi connectivity index (χ1) is 14.9. The number of halogens is 1. The molecule has 0 bridgehead atoms. The minimum atomic E-state index is -3.41. The molecule has 3 heterocycles. The van der Waals surface area contributed by atoms with Gasteiger partial charge in [-0.25, -0.2) is 8.42 Å². The molecule has 9 heteroatoms. The first-order valence-electron chi connectivity index (χ1n) is 10.0. The summed E-state index contributed by atoms with van der Waals surface area (Å²) < 4.78 is 27.2. The summed E-state index contributed by atoms with van der Waals surface area (Å²) in [6.07, 6.45) is 6.99. The van der Waals surface area contributed by atoms with E-state index in [1.807, 2.05) is 35.2 Å². The number of fused-ring (bicyclic) bond motifs is 1. The van der Waals surface area contributed by atoms with Gasteiger partial charge in [0.25, 0.3) is 15.9 Å². The Morgan fingerprint density at radius 3 is 2.77 bits per heavy atom. The maximum atomic E-state index is 13.3. The maximum absolute atomic E-state index is 13.3. The molecule has 1 amide bonds. The van der Waals surface area contributed by atoms with Gasteiger partial charge >= 0.3 is 0 Å². The molecule has 160 valence electrons. The van der Waals surface area contributed by atoms with Crippen molar-refractivity contribution in [1.82, 2.24) is 9.80 Å². The lowest BCUT2D eigenvalue weighted by Gasteiger charge is -2.29. The fourth-order valence-corrected chi connectivity index (χ4v) is 5.99. The first-order valence-corrected chi connectivity index (χ1v) is 12.8. The van der Waals surface area contributed by atoms with Crippen molar-refractivity contribution in [1.29, 1.82) is 0 Å². The number of hydrogen-bond acceptors (Lipinski definition) is 5. The van der Waals surface area contributed by atoms with Crippen molar-refractivity contribution in [3.8, 4) is 10.4 Å². The Bertz CT molecular complexity index is 1240. The van der Waals surface area contributed by atoms with E-state index >= 15 is 0 Å². The zero-order valence-electron chi connectivity index (χ0n) is 16.6. The summed E-state index contributed by atoms with van der Waals surface area (Å²) in [6.45, 7) is 0.844. The largest absolute Gasteiger partial charge is 0.330 e. The van der Waals surface area contributed by atoms with E-state index in [1.165, 1.54) is 0 Å². The molecule has 0 spiro atoms. The number of thiophene rings is 1. The third-order valence-electron chi connectivity index (χ3n) is 5.45. The lowest BCUT2D eigenvalue weighted by Crippen LogP contribution is -2.39. The van der Waals surface area contributed by atoms with Crippen LogP contribution in [0.5, 0.6) is 0 Å². The van der Waals surface area contributed by atoms with Gasteiger partial charge in [-0.05, 0) is 43.2 Å². The topological polar surface area (TPSA) is 70.0 Å². The first kappa shape index (κ1) is 20.5. The average Bonchev–Trinajstić information content (AvgIpc) is 3.49. The number of amidine groups is 1. The molecule has 0 saturated heterocycles. The average molecular weight is 474 g/mol. The third kappa shape index (κ3) is 4.33. The van der Waals surface area contributed by atoms with Crippen molar-refractivity contribution < 1.29 is 13.2 Å². The van der Waals surface area contributed by atoms with E-state index in [9.17, 15) is 13.2 Å². The Labute approximate surface area is 190 Å². The summed E-state index contributed by atoms with van der Waals surface area (Å²) in [6, 6.07) is 12.1. The molecule has 3 aliphatic rings. The summed E-state index contributed by atoms with van der Waals surface area (Å²) in [5, 5.41) is 0.713. The van der Waals surface area contributed by atoms with Crippen molar-refractivity contribution in [2.45, 2.75) is 25.4 Å². The lowest BCUT2D eigenvalue weighted by molar-refractivity contribution is -0.128. The standard InChI is InChI=1S/C22H20ClN3O3S2/c23-19-4-2-1-3-18(19)20-9-8-17(30-20)14-26(16-6-7-16)22(27)15-5-10-21-24-31(28,29)12-11-25(21)13-15/h1-5,8-10,13,16H,6-7,11-12,14H2. The number of rotatable bonds is 5. The molecule has 0 unspecified atom stereocenters. The van der Waals surface area contributed by atoms with Gasteiger partial charge in [0.2, 0.25) is 0 Å². The molecule has 1 saturated carbocycles. The van der Waals surface area contributed by atoms with Crippen molar-refractivity contribution in [3.63, 3.8) is 0 Å². The predicted octanol–water partition coefficient (Wildman–Crippen LogP) is 4.06. The Balaban J connectivity index is 1.36. The molecule has 1 aromatic carbocycles. The molecule has 5 rings (SSSR count). The molecule has 2 aliphatic heterocycles. The van der Waals surface area contributed by atoms with Gasteiger partial charge < -0.3 is 9.80 Å². The lowest BCUT2D eigenvalue weighted by atomic mass is 10.1. The highest BCUT2D eigenvalue weighted by Crippen LogP contribution is 2.36. The van der Waals surface area contributed by atoms with Gasteiger partial charge in [-0.1, -0.05) is 29.8 Å². The second kappa shape index (κ2) is 7.93. The second-order valence-electron chi connectivity index (χ2n) is 7.76.